The number of rotatable bonds is 5. The minimum absolute atomic E-state index is 0.257. The Labute approximate surface area is 156 Å². The Hall–Kier alpha value is -3.18. The van der Waals surface area contributed by atoms with Crippen molar-refractivity contribution in [1.29, 1.82) is 5.26 Å². The third kappa shape index (κ3) is 3.41. The number of aromatic nitrogens is 4. The van der Waals surface area contributed by atoms with Gasteiger partial charge in [-0.05, 0) is 44.0 Å². The number of imidazole rings is 1. The standard InChI is InChI=1S/C19H21N7O/c1-12-16-17(25-18(23-12)22-10-13-6-7-21-9-13)26(19(27)24-16)11-15-5-3-2-4-14(15)8-20/h2-5,13,21H,6-7,9-11H2,1H3,(H,24,27)(H,22,23,25)/t13-/m1/s1. The van der Waals surface area contributed by atoms with Crippen LogP contribution in [0.3, 0.4) is 0 Å². The Morgan fingerprint density at radius 3 is 3.00 bits per heavy atom. The van der Waals surface area contributed by atoms with Crippen molar-refractivity contribution in [2.75, 3.05) is 25.0 Å². The molecule has 1 atom stereocenters. The molecule has 0 aliphatic carbocycles. The molecule has 0 spiro atoms. The Morgan fingerprint density at radius 1 is 1.37 bits per heavy atom. The predicted molar refractivity (Wildman–Crippen MR) is 103 cm³/mol. The number of H-pyrrole nitrogens is 1. The quantitative estimate of drug-likeness (QED) is 0.631. The van der Waals surface area contributed by atoms with Crippen molar-refractivity contribution in [2.24, 2.45) is 5.92 Å². The van der Waals surface area contributed by atoms with Gasteiger partial charge in [-0.2, -0.15) is 10.2 Å². The molecule has 1 aliphatic heterocycles. The number of aromatic amines is 1. The van der Waals surface area contributed by atoms with Crippen LogP contribution < -0.4 is 16.3 Å². The second-order valence-electron chi connectivity index (χ2n) is 6.86. The van der Waals surface area contributed by atoms with Gasteiger partial charge in [0.1, 0.15) is 5.52 Å². The van der Waals surface area contributed by atoms with Crippen molar-refractivity contribution in [3.05, 3.63) is 51.6 Å². The zero-order chi connectivity index (χ0) is 18.8. The number of nitriles is 1. The Bertz CT molecular complexity index is 1070. The average Bonchev–Trinajstić information content (AvgIpc) is 3.30. The van der Waals surface area contributed by atoms with E-state index in [4.69, 9.17) is 0 Å². The Morgan fingerprint density at radius 2 is 2.22 bits per heavy atom. The van der Waals surface area contributed by atoms with E-state index in [2.05, 4.69) is 31.7 Å². The fraction of sp³-hybridized carbons (Fsp3) is 0.368. The zero-order valence-corrected chi connectivity index (χ0v) is 15.1. The van der Waals surface area contributed by atoms with Gasteiger partial charge >= 0.3 is 5.69 Å². The molecule has 0 radical (unpaired) electrons. The smallest absolute Gasteiger partial charge is 0.328 e. The number of fused-ring (bicyclic) bond motifs is 1. The fourth-order valence-corrected chi connectivity index (χ4v) is 3.46. The van der Waals surface area contributed by atoms with Gasteiger partial charge in [-0.3, -0.25) is 4.57 Å². The molecule has 0 amide bonds. The van der Waals surface area contributed by atoms with Gasteiger partial charge in [-0.15, -0.1) is 0 Å². The summed E-state index contributed by atoms with van der Waals surface area (Å²) in [6.07, 6.45) is 1.13. The van der Waals surface area contributed by atoms with Crippen LogP contribution in [0.5, 0.6) is 0 Å². The van der Waals surface area contributed by atoms with Gasteiger partial charge in [0.05, 0.1) is 23.9 Å². The normalized spacial score (nSPS) is 16.5. The van der Waals surface area contributed by atoms with E-state index in [0.29, 0.717) is 28.6 Å². The third-order valence-electron chi connectivity index (χ3n) is 4.98. The maximum Gasteiger partial charge on any atom is 0.328 e. The maximum atomic E-state index is 12.5. The van der Waals surface area contributed by atoms with Crippen LogP contribution in [-0.2, 0) is 6.54 Å². The second-order valence-corrected chi connectivity index (χ2v) is 6.86. The summed E-state index contributed by atoms with van der Waals surface area (Å²) < 4.78 is 1.56. The molecular formula is C19H21N7O. The molecule has 2 aromatic heterocycles. The first-order chi connectivity index (χ1) is 13.2. The molecule has 0 saturated carbocycles. The van der Waals surface area contributed by atoms with Gasteiger partial charge in [-0.25, -0.2) is 9.78 Å². The fourth-order valence-electron chi connectivity index (χ4n) is 3.46. The van der Waals surface area contributed by atoms with Crippen molar-refractivity contribution >= 4 is 17.1 Å². The van der Waals surface area contributed by atoms with Gasteiger partial charge in [0, 0.05) is 6.54 Å². The van der Waals surface area contributed by atoms with Gasteiger partial charge in [0.25, 0.3) is 0 Å². The molecule has 138 valence electrons. The molecule has 1 aromatic carbocycles. The van der Waals surface area contributed by atoms with Crippen LogP contribution in [-0.4, -0.2) is 39.2 Å². The molecule has 8 nitrogen and oxygen atoms in total. The highest BCUT2D eigenvalue weighted by Crippen LogP contribution is 2.17. The lowest BCUT2D eigenvalue weighted by atomic mass is 10.1. The number of anilines is 1. The molecule has 0 unspecified atom stereocenters. The zero-order valence-electron chi connectivity index (χ0n) is 15.1. The van der Waals surface area contributed by atoms with Crippen molar-refractivity contribution in [3.8, 4) is 6.07 Å². The van der Waals surface area contributed by atoms with Crippen molar-refractivity contribution in [2.45, 2.75) is 19.9 Å². The topological polar surface area (TPSA) is 111 Å². The number of benzene rings is 1. The SMILES string of the molecule is Cc1nc(NC[C@@H]2CCNC2)nc2c1[nH]c(=O)n2Cc1ccccc1C#N. The summed E-state index contributed by atoms with van der Waals surface area (Å²) in [6.45, 7) is 4.97. The Balaban J connectivity index is 1.68. The predicted octanol–water partition coefficient (Wildman–Crippen LogP) is 1.37. The number of hydrogen-bond donors (Lipinski definition) is 3. The number of aryl methyl sites for hydroxylation is 1. The van der Waals surface area contributed by atoms with Gasteiger partial charge in [0.15, 0.2) is 5.65 Å². The van der Waals surface area contributed by atoms with E-state index in [-0.39, 0.29) is 12.2 Å². The minimum Gasteiger partial charge on any atom is -0.354 e. The van der Waals surface area contributed by atoms with Crippen LogP contribution in [0.4, 0.5) is 5.95 Å². The molecule has 27 heavy (non-hydrogen) atoms. The first-order valence-electron chi connectivity index (χ1n) is 9.05. The lowest BCUT2D eigenvalue weighted by Gasteiger charge is -2.11. The highest BCUT2D eigenvalue weighted by Gasteiger charge is 2.17. The van der Waals surface area contributed by atoms with Crippen LogP contribution in [0.15, 0.2) is 29.1 Å². The van der Waals surface area contributed by atoms with Crippen molar-refractivity contribution < 1.29 is 0 Å². The summed E-state index contributed by atoms with van der Waals surface area (Å²) in [6, 6.07) is 9.44. The lowest BCUT2D eigenvalue weighted by molar-refractivity contribution is 0.613. The third-order valence-corrected chi connectivity index (χ3v) is 4.98. The lowest BCUT2D eigenvalue weighted by Crippen LogP contribution is -2.20. The molecule has 4 rings (SSSR count). The number of hydrogen-bond acceptors (Lipinski definition) is 6. The summed E-state index contributed by atoms with van der Waals surface area (Å²) in [4.78, 5) is 24.4. The molecule has 1 aliphatic rings. The van der Waals surface area contributed by atoms with Gasteiger partial charge < -0.3 is 15.6 Å². The summed E-state index contributed by atoms with van der Waals surface area (Å²) in [5.74, 6) is 1.08. The number of nitrogens with zero attached hydrogens (tertiary/aromatic N) is 4. The molecule has 1 fully saturated rings. The van der Waals surface area contributed by atoms with Gasteiger partial charge in [0.2, 0.25) is 5.95 Å². The largest absolute Gasteiger partial charge is 0.354 e. The van der Waals surface area contributed by atoms with E-state index >= 15 is 0 Å². The number of nitrogens with one attached hydrogen (secondary N) is 3. The molecule has 8 heteroatoms. The average molecular weight is 363 g/mol. The van der Waals surface area contributed by atoms with Gasteiger partial charge in [-0.1, -0.05) is 18.2 Å². The van der Waals surface area contributed by atoms with E-state index in [9.17, 15) is 10.1 Å². The van der Waals surface area contributed by atoms with Crippen LogP contribution in [0.1, 0.15) is 23.2 Å². The van der Waals surface area contributed by atoms with E-state index in [1.165, 1.54) is 0 Å². The molecular weight excluding hydrogens is 342 g/mol. The van der Waals surface area contributed by atoms with Crippen LogP contribution >= 0.6 is 0 Å². The highest BCUT2D eigenvalue weighted by molar-refractivity contribution is 5.74. The van der Waals surface area contributed by atoms with Crippen LogP contribution in [0.2, 0.25) is 0 Å². The first kappa shape index (κ1) is 17.2. The van der Waals surface area contributed by atoms with Crippen molar-refractivity contribution in [3.63, 3.8) is 0 Å². The maximum absolute atomic E-state index is 12.5. The highest BCUT2D eigenvalue weighted by atomic mass is 16.1. The van der Waals surface area contributed by atoms with E-state index in [0.717, 1.165) is 37.3 Å². The molecule has 3 aromatic rings. The molecule has 1 saturated heterocycles. The van der Waals surface area contributed by atoms with Crippen LogP contribution in [0.25, 0.3) is 11.2 Å². The molecule has 3 N–H and O–H groups in total. The van der Waals surface area contributed by atoms with Crippen molar-refractivity contribution in [1.82, 2.24) is 24.8 Å². The van der Waals surface area contributed by atoms with Crippen LogP contribution in [0, 0.1) is 24.2 Å². The summed E-state index contributed by atoms with van der Waals surface area (Å²) in [7, 11) is 0. The monoisotopic (exact) mass is 363 g/mol. The molecule has 0 bridgehead atoms. The first-order valence-corrected chi connectivity index (χ1v) is 9.05. The Kier molecular flexibility index (Phi) is 4.60. The van der Waals surface area contributed by atoms with E-state index < -0.39 is 0 Å². The van der Waals surface area contributed by atoms with E-state index in [1.807, 2.05) is 25.1 Å². The summed E-state index contributed by atoms with van der Waals surface area (Å²) in [5, 5.41) is 15.9. The van der Waals surface area contributed by atoms with E-state index in [1.54, 1.807) is 10.6 Å². The second kappa shape index (κ2) is 7.21. The summed E-state index contributed by atoms with van der Waals surface area (Å²) >= 11 is 0. The molecule has 3 heterocycles. The summed E-state index contributed by atoms with van der Waals surface area (Å²) in [5.41, 5.74) is 2.97. The minimum atomic E-state index is -0.257.